The van der Waals surface area contributed by atoms with E-state index in [0.717, 1.165) is 19.1 Å². The lowest BCUT2D eigenvalue weighted by Crippen LogP contribution is -2.41. The van der Waals surface area contributed by atoms with E-state index in [4.69, 9.17) is 4.74 Å². The van der Waals surface area contributed by atoms with Crippen molar-refractivity contribution >= 4 is 0 Å². The Morgan fingerprint density at radius 1 is 1.54 bits per heavy atom. The van der Waals surface area contributed by atoms with Crippen LogP contribution in [0, 0.1) is 5.92 Å². The number of ether oxygens (including phenoxy) is 1. The summed E-state index contributed by atoms with van der Waals surface area (Å²) < 4.78 is 5.43. The molecule has 1 aliphatic rings. The van der Waals surface area contributed by atoms with Gasteiger partial charge in [0.25, 0.3) is 0 Å². The van der Waals surface area contributed by atoms with E-state index < -0.39 is 5.60 Å². The Hall–Kier alpha value is -0.120. The van der Waals surface area contributed by atoms with E-state index in [1.807, 2.05) is 13.8 Å². The van der Waals surface area contributed by atoms with Crippen molar-refractivity contribution in [3.05, 3.63) is 0 Å². The van der Waals surface area contributed by atoms with Crippen molar-refractivity contribution in [3.63, 3.8) is 0 Å². The average Bonchev–Trinajstić information content (AvgIpc) is 2.84. The van der Waals surface area contributed by atoms with Gasteiger partial charge in [0, 0.05) is 13.2 Å². The molecule has 0 bridgehead atoms. The first-order valence-corrected chi connectivity index (χ1v) is 5.15. The summed E-state index contributed by atoms with van der Waals surface area (Å²) in [6.07, 6.45) is 2.60. The molecule has 1 atom stereocenters. The monoisotopic (exact) mass is 187 g/mol. The molecule has 78 valence electrons. The Morgan fingerprint density at radius 2 is 2.23 bits per heavy atom. The molecule has 1 aliphatic carbocycles. The van der Waals surface area contributed by atoms with Crippen LogP contribution in [0.3, 0.4) is 0 Å². The number of likely N-dealkylation sites (N-methyl/N-ethyl adjacent to an activating group) is 1. The highest BCUT2D eigenvalue weighted by Crippen LogP contribution is 2.28. The van der Waals surface area contributed by atoms with Gasteiger partial charge in [-0.15, -0.1) is 0 Å². The maximum absolute atomic E-state index is 9.79. The fourth-order valence-corrected chi connectivity index (χ4v) is 1.18. The number of aliphatic hydroxyl groups is 1. The molecule has 0 aromatic carbocycles. The average molecular weight is 187 g/mol. The third-order valence-corrected chi connectivity index (χ3v) is 2.22. The third kappa shape index (κ3) is 5.24. The van der Waals surface area contributed by atoms with E-state index in [0.29, 0.717) is 13.2 Å². The molecular formula is C10H21NO2. The smallest absolute Gasteiger partial charge is 0.0975 e. The van der Waals surface area contributed by atoms with E-state index in [1.165, 1.54) is 12.8 Å². The van der Waals surface area contributed by atoms with Gasteiger partial charge in [0.15, 0.2) is 0 Å². The molecule has 0 radical (unpaired) electrons. The van der Waals surface area contributed by atoms with Crippen LogP contribution in [0.5, 0.6) is 0 Å². The molecule has 13 heavy (non-hydrogen) atoms. The summed E-state index contributed by atoms with van der Waals surface area (Å²) in [5, 5.41) is 12.9. The van der Waals surface area contributed by atoms with Crippen LogP contribution >= 0.6 is 0 Å². The Morgan fingerprint density at radius 3 is 2.77 bits per heavy atom. The lowest BCUT2D eigenvalue weighted by atomic mass is 10.1. The molecule has 1 saturated carbocycles. The van der Waals surface area contributed by atoms with Gasteiger partial charge in [0.2, 0.25) is 0 Å². The molecule has 2 N–H and O–H groups in total. The van der Waals surface area contributed by atoms with Crippen molar-refractivity contribution < 1.29 is 9.84 Å². The van der Waals surface area contributed by atoms with Crippen molar-refractivity contribution in [1.29, 1.82) is 0 Å². The summed E-state index contributed by atoms with van der Waals surface area (Å²) >= 11 is 0. The quantitative estimate of drug-likeness (QED) is 0.618. The Balaban J connectivity index is 2.01. The molecule has 3 heteroatoms. The van der Waals surface area contributed by atoms with Crippen LogP contribution in [0.15, 0.2) is 0 Å². The summed E-state index contributed by atoms with van der Waals surface area (Å²) in [4.78, 5) is 0. The normalized spacial score (nSPS) is 21.5. The molecule has 1 unspecified atom stereocenters. The second-order valence-corrected chi connectivity index (χ2v) is 4.24. The molecule has 0 heterocycles. The highest BCUT2D eigenvalue weighted by atomic mass is 16.5. The van der Waals surface area contributed by atoms with Gasteiger partial charge in [-0.1, -0.05) is 6.92 Å². The van der Waals surface area contributed by atoms with Crippen molar-refractivity contribution in [2.24, 2.45) is 5.92 Å². The first-order chi connectivity index (χ1) is 6.14. The van der Waals surface area contributed by atoms with E-state index in [2.05, 4.69) is 5.32 Å². The maximum atomic E-state index is 9.79. The van der Waals surface area contributed by atoms with Crippen LogP contribution < -0.4 is 5.32 Å². The number of hydrogen-bond donors (Lipinski definition) is 2. The number of nitrogens with one attached hydrogen (secondary N) is 1. The SMILES string of the molecule is CCNCC(C)(O)COCC1CC1. The van der Waals surface area contributed by atoms with Crippen LogP contribution in [0.25, 0.3) is 0 Å². The zero-order valence-electron chi connectivity index (χ0n) is 8.68. The minimum absolute atomic E-state index is 0.441. The van der Waals surface area contributed by atoms with Gasteiger partial charge in [-0.05, 0) is 32.2 Å². The Bertz CT molecular complexity index is 144. The van der Waals surface area contributed by atoms with Crippen LogP contribution in [0.2, 0.25) is 0 Å². The van der Waals surface area contributed by atoms with E-state index >= 15 is 0 Å². The fraction of sp³-hybridized carbons (Fsp3) is 1.00. The maximum Gasteiger partial charge on any atom is 0.0975 e. The van der Waals surface area contributed by atoms with Crippen LogP contribution in [0.4, 0.5) is 0 Å². The van der Waals surface area contributed by atoms with E-state index in [9.17, 15) is 5.11 Å². The minimum Gasteiger partial charge on any atom is -0.386 e. The van der Waals surface area contributed by atoms with Gasteiger partial charge in [-0.2, -0.15) is 0 Å². The molecule has 1 fully saturated rings. The van der Waals surface area contributed by atoms with Crippen molar-refractivity contribution in [2.75, 3.05) is 26.3 Å². The van der Waals surface area contributed by atoms with Gasteiger partial charge in [0.1, 0.15) is 0 Å². The molecule has 0 saturated heterocycles. The van der Waals surface area contributed by atoms with Crippen molar-refractivity contribution in [1.82, 2.24) is 5.32 Å². The highest BCUT2D eigenvalue weighted by Gasteiger charge is 2.24. The minimum atomic E-state index is -0.717. The second-order valence-electron chi connectivity index (χ2n) is 4.24. The van der Waals surface area contributed by atoms with Gasteiger partial charge in [0.05, 0.1) is 12.2 Å². The molecule has 0 aromatic rings. The predicted octanol–water partition coefficient (Wildman–Crippen LogP) is 0.773. The van der Waals surface area contributed by atoms with E-state index in [-0.39, 0.29) is 0 Å². The predicted molar refractivity (Wildman–Crippen MR) is 52.7 cm³/mol. The summed E-state index contributed by atoms with van der Waals surface area (Å²) in [6, 6.07) is 0. The van der Waals surface area contributed by atoms with Gasteiger partial charge < -0.3 is 15.2 Å². The van der Waals surface area contributed by atoms with Crippen LogP contribution in [0.1, 0.15) is 26.7 Å². The van der Waals surface area contributed by atoms with Gasteiger partial charge in [-0.3, -0.25) is 0 Å². The number of rotatable bonds is 7. The summed E-state index contributed by atoms with van der Waals surface area (Å²) in [6.45, 7) is 6.59. The Labute approximate surface area is 80.5 Å². The summed E-state index contributed by atoms with van der Waals surface area (Å²) in [7, 11) is 0. The van der Waals surface area contributed by atoms with Crippen molar-refractivity contribution in [2.45, 2.75) is 32.3 Å². The largest absolute Gasteiger partial charge is 0.386 e. The molecule has 1 rings (SSSR count). The first-order valence-electron chi connectivity index (χ1n) is 5.15. The lowest BCUT2D eigenvalue weighted by molar-refractivity contribution is -0.0346. The van der Waals surface area contributed by atoms with Crippen molar-refractivity contribution in [3.8, 4) is 0 Å². The summed E-state index contributed by atoms with van der Waals surface area (Å²) in [5.74, 6) is 0.773. The number of hydrogen-bond acceptors (Lipinski definition) is 3. The second kappa shape index (κ2) is 4.94. The van der Waals surface area contributed by atoms with Gasteiger partial charge >= 0.3 is 0 Å². The zero-order valence-corrected chi connectivity index (χ0v) is 8.68. The molecular weight excluding hydrogens is 166 g/mol. The topological polar surface area (TPSA) is 41.5 Å². The van der Waals surface area contributed by atoms with Gasteiger partial charge in [-0.25, -0.2) is 0 Å². The molecule has 0 aliphatic heterocycles. The lowest BCUT2D eigenvalue weighted by Gasteiger charge is -2.23. The fourth-order valence-electron chi connectivity index (χ4n) is 1.18. The third-order valence-electron chi connectivity index (χ3n) is 2.22. The van der Waals surface area contributed by atoms with Crippen LogP contribution in [-0.4, -0.2) is 37.0 Å². The molecule has 3 nitrogen and oxygen atoms in total. The Kier molecular flexibility index (Phi) is 4.16. The van der Waals surface area contributed by atoms with E-state index in [1.54, 1.807) is 0 Å². The highest BCUT2D eigenvalue weighted by molar-refractivity contribution is 4.76. The molecule has 0 spiro atoms. The first kappa shape index (κ1) is 11.0. The zero-order chi connectivity index (χ0) is 9.73. The molecule has 0 aromatic heterocycles. The standard InChI is InChI=1S/C10H21NO2/c1-3-11-7-10(2,12)8-13-6-9-4-5-9/h9,11-12H,3-8H2,1-2H3. The molecule has 0 amide bonds. The van der Waals surface area contributed by atoms with Crippen LogP contribution in [-0.2, 0) is 4.74 Å². The summed E-state index contributed by atoms with van der Waals surface area (Å²) in [5.41, 5.74) is -0.717.